The van der Waals surface area contributed by atoms with Gasteiger partial charge in [0, 0.05) is 23.7 Å². The second kappa shape index (κ2) is 7.80. The van der Waals surface area contributed by atoms with Gasteiger partial charge < -0.3 is 9.47 Å². The Morgan fingerprint density at radius 2 is 2.19 bits per heavy atom. The van der Waals surface area contributed by atoms with E-state index in [2.05, 4.69) is 12.2 Å². The van der Waals surface area contributed by atoms with Crippen LogP contribution in [0.2, 0.25) is 0 Å². The molecule has 0 saturated carbocycles. The van der Waals surface area contributed by atoms with Crippen molar-refractivity contribution in [2.75, 3.05) is 12.4 Å². The summed E-state index contributed by atoms with van der Waals surface area (Å²) in [4.78, 5) is 17.1. The van der Waals surface area contributed by atoms with Crippen LogP contribution in [0.5, 0.6) is 0 Å². The number of amidine groups is 1. The zero-order valence-corrected chi connectivity index (χ0v) is 17.1. The van der Waals surface area contributed by atoms with Crippen LogP contribution >= 0.6 is 11.8 Å². The molecule has 2 heterocycles. The van der Waals surface area contributed by atoms with Crippen LogP contribution in [0.25, 0.3) is 0 Å². The first-order chi connectivity index (χ1) is 12.7. The van der Waals surface area contributed by atoms with Gasteiger partial charge in [-0.1, -0.05) is 36.9 Å². The van der Waals surface area contributed by atoms with Gasteiger partial charge in [-0.25, -0.2) is 9.18 Å². The van der Waals surface area contributed by atoms with Crippen molar-refractivity contribution in [3.63, 3.8) is 0 Å². The molecule has 1 saturated heterocycles. The maximum atomic E-state index is 14.8. The van der Waals surface area contributed by atoms with Gasteiger partial charge in [-0.15, -0.1) is 0 Å². The van der Waals surface area contributed by atoms with Crippen LogP contribution < -0.4 is 5.32 Å². The zero-order chi connectivity index (χ0) is 19.7. The van der Waals surface area contributed by atoms with E-state index in [1.54, 1.807) is 12.1 Å². The molecule has 3 atom stereocenters. The average molecular weight is 395 g/mol. The molecule has 0 unspecified atom stereocenters. The van der Waals surface area contributed by atoms with E-state index in [-0.39, 0.29) is 17.8 Å². The molecule has 1 N–H and O–H groups in total. The number of alkyl carbamates (subject to hydrolysis) is 1. The molecule has 1 fully saturated rings. The van der Waals surface area contributed by atoms with Gasteiger partial charge >= 0.3 is 6.09 Å². The molecule has 148 valence electrons. The van der Waals surface area contributed by atoms with E-state index in [0.717, 1.165) is 6.42 Å². The number of carbonyl (C=O) groups is 1. The number of rotatable bonds is 2. The Labute approximate surface area is 164 Å². The first-order valence-corrected chi connectivity index (χ1v) is 10.3. The van der Waals surface area contributed by atoms with Crippen molar-refractivity contribution < 1.29 is 18.7 Å². The molecule has 1 aromatic rings. The van der Waals surface area contributed by atoms with Gasteiger partial charge in [-0.2, -0.15) is 0 Å². The number of hydrogen-bond donors (Lipinski definition) is 1. The second-order valence-corrected chi connectivity index (χ2v) is 9.03. The fourth-order valence-electron chi connectivity index (χ4n) is 3.60. The summed E-state index contributed by atoms with van der Waals surface area (Å²) in [6, 6.07) is 6.78. The molecule has 2 aliphatic rings. The third kappa shape index (κ3) is 4.46. The summed E-state index contributed by atoms with van der Waals surface area (Å²) in [6.45, 7) is 8.01. The summed E-state index contributed by atoms with van der Waals surface area (Å²) in [6.07, 6.45) is 0.890. The fraction of sp³-hybridized carbons (Fsp3) is 0.600. The largest absolute Gasteiger partial charge is 0.444 e. The van der Waals surface area contributed by atoms with Crippen molar-refractivity contribution >= 4 is 23.0 Å². The maximum absolute atomic E-state index is 14.8. The molecular weight excluding hydrogens is 367 g/mol. The van der Waals surface area contributed by atoms with Crippen LogP contribution in [-0.4, -0.2) is 35.3 Å². The van der Waals surface area contributed by atoms with E-state index in [4.69, 9.17) is 14.5 Å². The van der Waals surface area contributed by atoms with Gasteiger partial charge in [-0.05, 0) is 33.3 Å². The van der Waals surface area contributed by atoms with E-state index < -0.39 is 17.2 Å². The van der Waals surface area contributed by atoms with Crippen LogP contribution in [0.4, 0.5) is 9.18 Å². The van der Waals surface area contributed by atoms with Crippen LogP contribution in [0.1, 0.15) is 46.1 Å². The molecule has 0 spiro atoms. The van der Waals surface area contributed by atoms with Crippen LogP contribution in [-0.2, 0) is 15.0 Å². The van der Waals surface area contributed by atoms with Crippen LogP contribution in [0, 0.1) is 11.7 Å². The van der Waals surface area contributed by atoms with E-state index in [1.165, 1.54) is 17.8 Å². The van der Waals surface area contributed by atoms with Crippen molar-refractivity contribution in [1.29, 1.82) is 0 Å². The van der Waals surface area contributed by atoms with Gasteiger partial charge in [-0.3, -0.25) is 10.3 Å². The Morgan fingerprint density at radius 1 is 1.44 bits per heavy atom. The topological polar surface area (TPSA) is 59.9 Å². The van der Waals surface area contributed by atoms with E-state index in [0.29, 0.717) is 29.5 Å². The quantitative estimate of drug-likeness (QED) is 0.804. The maximum Gasteiger partial charge on any atom is 0.413 e. The molecule has 7 heteroatoms. The summed E-state index contributed by atoms with van der Waals surface area (Å²) in [5.74, 6) is 0.470. The summed E-state index contributed by atoms with van der Waals surface area (Å²) in [7, 11) is 0. The van der Waals surface area contributed by atoms with E-state index in [1.807, 2.05) is 26.8 Å². The molecule has 0 bridgehead atoms. The number of fused-ring (bicyclic) bond motifs is 1. The van der Waals surface area contributed by atoms with Crippen LogP contribution in [0.15, 0.2) is 29.3 Å². The number of ether oxygens (including phenoxy) is 2. The Morgan fingerprint density at radius 3 is 2.85 bits per heavy atom. The highest BCUT2D eigenvalue weighted by molar-refractivity contribution is 8.13. The van der Waals surface area contributed by atoms with Crippen molar-refractivity contribution in [3.05, 3.63) is 35.6 Å². The second-order valence-electron chi connectivity index (χ2n) is 8.02. The number of amides is 1. The lowest BCUT2D eigenvalue weighted by Crippen LogP contribution is -2.51. The standard InChI is InChI=1S/C20H27FN2O3S/c1-5-14-10-20(15-8-6-7-9-16(15)21)13(11-25-14)12-27-17(23-20)22-18(24)26-19(2,3)4/h6-9,13-14H,5,10-12H2,1-4H3,(H,22,23,24)/t13-,14-,20-/m0/s1. The number of carbonyl (C=O) groups excluding carboxylic acids is 1. The van der Waals surface area contributed by atoms with Crippen molar-refractivity contribution in [3.8, 4) is 0 Å². The summed E-state index contributed by atoms with van der Waals surface area (Å²) < 4.78 is 26.0. The van der Waals surface area contributed by atoms with Gasteiger partial charge in [0.15, 0.2) is 5.17 Å². The highest BCUT2D eigenvalue weighted by Crippen LogP contribution is 2.48. The predicted octanol–water partition coefficient (Wildman–Crippen LogP) is 4.46. The minimum absolute atomic E-state index is 0.00971. The lowest BCUT2D eigenvalue weighted by atomic mass is 9.73. The minimum Gasteiger partial charge on any atom is -0.444 e. The Bertz CT molecular complexity index is 734. The summed E-state index contributed by atoms with van der Waals surface area (Å²) in [5.41, 5.74) is -0.762. The Balaban J connectivity index is 1.96. The molecular formula is C20H27FN2O3S. The lowest BCUT2D eigenvalue weighted by Gasteiger charge is -2.46. The number of hydrogen-bond acceptors (Lipinski definition) is 5. The number of nitrogens with zero attached hydrogens (tertiary/aromatic N) is 1. The van der Waals surface area contributed by atoms with Gasteiger partial charge in [0.25, 0.3) is 0 Å². The van der Waals surface area contributed by atoms with Crippen molar-refractivity contribution in [1.82, 2.24) is 5.32 Å². The number of halogens is 1. The highest BCUT2D eigenvalue weighted by Gasteiger charge is 2.49. The lowest BCUT2D eigenvalue weighted by molar-refractivity contribution is -0.0543. The first kappa shape index (κ1) is 20.1. The number of aliphatic imine (C=N–C) groups is 1. The third-order valence-electron chi connectivity index (χ3n) is 4.87. The Kier molecular flexibility index (Phi) is 5.82. The van der Waals surface area contributed by atoms with Gasteiger partial charge in [0.2, 0.25) is 0 Å². The zero-order valence-electron chi connectivity index (χ0n) is 16.3. The monoisotopic (exact) mass is 394 g/mol. The van der Waals surface area contributed by atoms with Gasteiger partial charge in [0.1, 0.15) is 11.4 Å². The summed E-state index contributed by atoms with van der Waals surface area (Å²) >= 11 is 1.45. The smallest absolute Gasteiger partial charge is 0.413 e. The fourth-order valence-corrected chi connectivity index (χ4v) is 4.71. The SMILES string of the molecule is CC[C@H]1C[C@]2(c3ccccc3F)N=C(NC(=O)OC(C)(C)C)SC[C@@H]2CO1. The third-order valence-corrected chi connectivity index (χ3v) is 5.91. The number of benzene rings is 1. The average Bonchev–Trinajstić information content (AvgIpc) is 2.59. The van der Waals surface area contributed by atoms with Crippen LogP contribution in [0.3, 0.4) is 0 Å². The number of nitrogens with one attached hydrogen (secondary N) is 1. The molecule has 1 amide bonds. The molecule has 0 aromatic heterocycles. The molecule has 1 aromatic carbocycles. The highest BCUT2D eigenvalue weighted by atomic mass is 32.2. The van der Waals surface area contributed by atoms with Gasteiger partial charge in [0.05, 0.1) is 18.2 Å². The molecule has 0 aliphatic carbocycles. The summed E-state index contributed by atoms with van der Waals surface area (Å²) in [5, 5.41) is 3.22. The Hall–Kier alpha value is -1.60. The molecule has 2 aliphatic heterocycles. The minimum atomic E-state index is -0.736. The molecule has 0 radical (unpaired) electrons. The molecule has 3 rings (SSSR count). The van der Waals surface area contributed by atoms with E-state index in [9.17, 15) is 9.18 Å². The normalized spacial score (nSPS) is 28.1. The molecule has 5 nitrogen and oxygen atoms in total. The van der Waals surface area contributed by atoms with E-state index >= 15 is 0 Å². The number of thioether (sulfide) groups is 1. The van der Waals surface area contributed by atoms with Crippen molar-refractivity contribution in [2.24, 2.45) is 10.9 Å². The van der Waals surface area contributed by atoms with Crippen molar-refractivity contribution in [2.45, 2.75) is 57.8 Å². The first-order valence-electron chi connectivity index (χ1n) is 9.33. The predicted molar refractivity (Wildman–Crippen MR) is 105 cm³/mol. The molecule has 27 heavy (non-hydrogen) atoms.